The number of nitrogens with one attached hydrogen (secondary N) is 1. The van der Waals surface area contributed by atoms with Crippen molar-refractivity contribution >= 4 is 55.4 Å². The van der Waals surface area contributed by atoms with E-state index in [1.54, 1.807) is 11.3 Å². The van der Waals surface area contributed by atoms with Crippen molar-refractivity contribution < 1.29 is 4.79 Å². The van der Waals surface area contributed by atoms with Gasteiger partial charge in [0.1, 0.15) is 0 Å². The van der Waals surface area contributed by atoms with Crippen molar-refractivity contribution in [3.63, 3.8) is 0 Å². The molecule has 0 saturated heterocycles. The SMILES string of the molecule is O=C(Cc1csc2ccc(Cl)cc12)Nc1nc(Cc2ccccc2)cs1. The predicted molar refractivity (Wildman–Crippen MR) is 111 cm³/mol. The third-order valence-corrected chi connectivity index (χ3v) is 6.05. The van der Waals surface area contributed by atoms with Crippen molar-refractivity contribution in [2.24, 2.45) is 0 Å². The second kappa shape index (κ2) is 7.58. The van der Waals surface area contributed by atoms with Crippen LogP contribution in [0.4, 0.5) is 5.13 Å². The number of nitrogens with zero attached hydrogens (tertiary/aromatic N) is 1. The van der Waals surface area contributed by atoms with Crippen LogP contribution in [0.25, 0.3) is 10.1 Å². The Morgan fingerprint density at radius 3 is 2.77 bits per heavy atom. The molecule has 2 aromatic carbocycles. The molecule has 0 bridgehead atoms. The van der Waals surface area contributed by atoms with Gasteiger partial charge in [0, 0.05) is 21.5 Å². The summed E-state index contributed by atoms with van der Waals surface area (Å²) in [5.74, 6) is -0.0645. The number of hydrogen-bond acceptors (Lipinski definition) is 4. The van der Waals surface area contributed by atoms with Gasteiger partial charge in [-0.15, -0.1) is 22.7 Å². The highest BCUT2D eigenvalue weighted by molar-refractivity contribution is 7.17. The normalized spacial score (nSPS) is 11.0. The van der Waals surface area contributed by atoms with Crippen LogP contribution in [0.1, 0.15) is 16.8 Å². The van der Waals surface area contributed by atoms with Crippen LogP contribution in [-0.2, 0) is 17.6 Å². The summed E-state index contributed by atoms with van der Waals surface area (Å²) in [6.45, 7) is 0. The quantitative estimate of drug-likeness (QED) is 0.462. The molecule has 6 heteroatoms. The van der Waals surface area contributed by atoms with E-state index in [0.29, 0.717) is 16.6 Å². The van der Waals surface area contributed by atoms with E-state index in [1.165, 1.54) is 16.9 Å². The van der Waals surface area contributed by atoms with Crippen LogP contribution in [-0.4, -0.2) is 10.9 Å². The van der Waals surface area contributed by atoms with Gasteiger partial charge in [0.05, 0.1) is 12.1 Å². The zero-order valence-electron chi connectivity index (χ0n) is 13.7. The van der Waals surface area contributed by atoms with Crippen LogP contribution in [0.3, 0.4) is 0 Å². The lowest BCUT2D eigenvalue weighted by molar-refractivity contribution is -0.115. The Kier molecular flexibility index (Phi) is 5.02. The van der Waals surface area contributed by atoms with Gasteiger partial charge in [-0.05, 0) is 40.1 Å². The molecule has 2 heterocycles. The van der Waals surface area contributed by atoms with Crippen molar-refractivity contribution in [2.45, 2.75) is 12.8 Å². The fraction of sp³-hybridized carbons (Fsp3) is 0.100. The molecular formula is C20H15ClN2OS2. The van der Waals surface area contributed by atoms with E-state index in [9.17, 15) is 4.79 Å². The van der Waals surface area contributed by atoms with Gasteiger partial charge >= 0.3 is 0 Å². The van der Waals surface area contributed by atoms with Gasteiger partial charge in [0.25, 0.3) is 0 Å². The van der Waals surface area contributed by atoms with E-state index in [-0.39, 0.29) is 5.91 Å². The van der Waals surface area contributed by atoms with Crippen LogP contribution in [0, 0.1) is 0 Å². The second-order valence-corrected chi connectivity index (χ2v) is 8.14. The third-order valence-electron chi connectivity index (χ3n) is 3.99. The molecule has 0 radical (unpaired) electrons. The first-order valence-electron chi connectivity index (χ1n) is 8.11. The van der Waals surface area contributed by atoms with Gasteiger partial charge in [0.15, 0.2) is 5.13 Å². The zero-order chi connectivity index (χ0) is 17.9. The first-order chi connectivity index (χ1) is 12.7. The van der Waals surface area contributed by atoms with Crippen molar-refractivity contribution in [1.82, 2.24) is 4.98 Å². The number of fused-ring (bicyclic) bond motifs is 1. The Morgan fingerprint density at radius 2 is 1.92 bits per heavy atom. The molecule has 4 aromatic rings. The summed E-state index contributed by atoms with van der Waals surface area (Å²) >= 11 is 9.16. The smallest absolute Gasteiger partial charge is 0.230 e. The highest BCUT2D eigenvalue weighted by Crippen LogP contribution is 2.29. The standard InChI is InChI=1S/C20H15ClN2OS2/c21-15-6-7-18-17(10-15)14(11-25-18)9-19(24)23-20-22-16(12-26-20)8-13-4-2-1-3-5-13/h1-7,10-12H,8-9H2,(H,22,23,24). The number of halogens is 1. The summed E-state index contributed by atoms with van der Waals surface area (Å²) in [6.07, 6.45) is 1.08. The lowest BCUT2D eigenvalue weighted by atomic mass is 10.1. The van der Waals surface area contributed by atoms with Crippen molar-refractivity contribution in [3.8, 4) is 0 Å². The van der Waals surface area contributed by atoms with Gasteiger partial charge in [-0.2, -0.15) is 0 Å². The van der Waals surface area contributed by atoms with E-state index < -0.39 is 0 Å². The lowest BCUT2D eigenvalue weighted by Gasteiger charge is -2.02. The summed E-state index contributed by atoms with van der Waals surface area (Å²) in [5, 5.41) is 9.28. The monoisotopic (exact) mass is 398 g/mol. The summed E-state index contributed by atoms with van der Waals surface area (Å²) < 4.78 is 1.14. The molecule has 0 aliphatic rings. The number of anilines is 1. The van der Waals surface area contributed by atoms with E-state index in [0.717, 1.165) is 27.8 Å². The highest BCUT2D eigenvalue weighted by atomic mass is 35.5. The Hall–Kier alpha value is -2.21. The second-order valence-electron chi connectivity index (χ2n) is 5.93. The van der Waals surface area contributed by atoms with Crippen molar-refractivity contribution in [1.29, 1.82) is 0 Å². The zero-order valence-corrected chi connectivity index (χ0v) is 16.1. The van der Waals surface area contributed by atoms with Crippen LogP contribution in [0.15, 0.2) is 59.3 Å². The van der Waals surface area contributed by atoms with E-state index in [1.807, 2.05) is 47.2 Å². The molecule has 0 aliphatic heterocycles. The van der Waals surface area contributed by atoms with Crippen molar-refractivity contribution in [3.05, 3.63) is 81.1 Å². The number of thiazole rings is 1. The topological polar surface area (TPSA) is 42.0 Å². The molecule has 0 aliphatic carbocycles. The van der Waals surface area contributed by atoms with Crippen LogP contribution in [0.2, 0.25) is 5.02 Å². The number of amides is 1. The molecular weight excluding hydrogens is 384 g/mol. The number of thiophene rings is 1. The average Bonchev–Trinajstić information content (AvgIpc) is 3.23. The molecule has 0 fully saturated rings. The molecule has 0 spiro atoms. The Balaban J connectivity index is 1.42. The minimum Gasteiger partial charge on any atom is -0.302 e. The highest BCUT2D eigenvalue weighted by Gasteiger charge is 2.12. The fourth-order valence-electron chi connectivity index (χ4n) is 2.78. The Bertz CT molecular complexity index is 1060. The first-order valence-corrected chi connectivity index (χ1v) is 10.2. The average molecular weight is 399 g/mol. The maximum atomic E-state index is 12.4. The third kappa shape index (κ3) is 3.96. The lowest BCUT2D eigenvalue weighted by Crippen LogP contribution is -2.14. The number of hydrogen-bond donors (Lipinski definition) is 1. The Morgan fingerprint density at radius 1 is 1.08 bits per heavy atom. The largest absolute Gasteiger partial charge is 0.302 e. The maximum Gasteiger partial charge on any atom is 0.230 e. The number of rotatable bonds is 5. The van der Waals surface area contributed by atoms with E-state index in [4.69, 9.17) is 11.6 Å². The van der Waals surface area contributed by atoms with Gasteiger partial charge in [-0.25, -0.2) is 4.98 Å². The Labute approximate surface area is 164 Å². The molecule has 3 nitrogen and oxygen atoms in total. The molecule has 2 aromatic heterocycles. The predicted octanol–water partition coefficient (Wildman–Crippen LogP) is 5.78. The summed E-state index contributed by atoms with van der Waals surface area (Å²) in [4.78, 5) is 16.9. The molecule has 130 valence electrons. The van der Waals surface area contributed by atoms with Gasteiger partial charge in [-0.1, -0.05) is 41.9 Å². The molecule has 26 heavy (non-hydrogen) atoms. The van der Waals surface area contributed by atoms with E-state index in [2.05, 4.69) is 22.4 Å². The van der Waals surface area contributed by atoms with E-state index >= 15 is 0 Å². The first kappa shape index (κ1) is 17.2. The summed E-state index contributed by atoms with van der Waals surface area (Å²) in [6, 6.07) is 15.9. The van der Waals surface area contributed by atoms with Gasteiger partial charge in [0.2, 0.25) is 5.91 Å². The van der Waals surface area contributed by atoms with Crippen molar-refractivity contribution in [2.75, 3.05) is 5.32 Å². The number of carbonyl (C=O) groups is 1. The van der Waals surface area contributed by atoms with Crippen LogP contribution >= 0.6 is 34.3 Å². The number of carbonyl (C=O) groups excluding carboxylic acids is 1. The minimum atomic E-state index is -0.0645. The molecule has 1 N–H and O–H groups in total. The molecule has 4 rings (SSSR count). The number of aromatic nitrogens is 1. The molecule has 0 atom stereocenters. The number of benzene rings is 2. The molecule has 1 amide bonds. The summed E-state index contributed by atoms with van der Waals surface area (Å²) in [5.41, 5.74) is 3.16. The minimum absolute atomic E-state index is 0.0645. The summed E-state index contributed by atoms with van der Waals surface area (Å²) in [7, 11) is 0. The van der Waals surface area contributed by atoms with Gasteiger partial charge in [-0.3, -0.25) is 4.79 Å². The van der Waals surface area contributed by atoms with Crippen LogP contribution < -0.4 is 5.32 Å². The molecule has 0 unspecified atom stereocenters. The van der Waals surface area contributed by atoms with Crippen LogP contribution in [0.5, 0.6) is 0 Å². The fourth-order valence-corrected chi connectivity index (χ4v) is 4.62. The molecule has 0 saturated carbocycles. The van der Waals surface area contributed by atoms with Gasteiger partial charge < -0.3 is 5.32 Å². The maximum absolute atomic E-state index is 12.4.